The Morgan fingerprint density at radius 1 is 1.09 bits per heavy atom. The standard InChI is InChI=1S/C14H17F5N2O/c15-10-3-1-4-11(13(10)16)21-6-2-5-20(7-8-21)9-12(22)14(17,18)19/h1,3-4,12,22H,2,5-9H2. The number of anilines is 1. The fourth-order valence-corrected chi connectivity index (χ4v) is 2.48. The number of hydrogen-bond donors (Lipinski definition) is 1. The molecule has 0 aromatic heterocycles. The number of halogens is 5. The van der Waals surface area contributed by atoms with Crippen molar-refractivity contribution in [3.05, 3.63) is 29.8 Å². The molecular weight excluding hydrogens is 307 g/mol. The predicted molar refractivity (Wildman–Crippen MR) is 71.7 cm³/mol. The number of aliphatic hydroxyl groups excluding tert-OH is 1. The highest BCUT2D eigenvalue weighted by molar-refractivity contribution is 5.48. The van der Waals surface area contributed by atoms with Crippen molar-refractivity contribution in [2.45, 2.75) is 18.7 Å². The molecule has 0 amide bonds. The molecule has 0 spiro atoms. The van der Waals surface area contributed by atoms with Gasteiger partial charge in [0, 0.05) is 32.7 Å². The van der Waals surface area contributed by atoms with Crippen LogP contribution < -0.4 is 4.90 Å². The molecule has 1 atom stereocenters. The van der Waals surface area contributed by atoms with Crippen LogP contribution in [0.4, 0.5) is 27.6 Å². The van der Waals surface area contributed by atoms with Gasteiger partial charge in [0.05, 0.1) is 5.69 Å². The third kappa shape index (κ3) is 4.07. The third-order valence-electron chi connectivity index (χ3n) is 3.67. The molecule has 1 unspecified atom stereocenters. The molecule has 1 saturated heterocycles. The lowest BCUT2D eigenvalue weighted by Crippen LogP contribution is -2.42. The molecule has 2 rings (SSSR count). The van der Waals surface area contributed by atoms with Crippen LogP contribution in [-0.2, 0) is 0 Å². The van der Waals surface area contributed by atoms with Crippen LogP contribution in [0.5, 0.6) is 0 Å². The first kappa shape index (κ1) is 17.0. The van der Waals surface area contributed by atoms with E-state index in [0.29, 0.717) is 19.5 Å². The summed E-state index contributed by atoms with van der Waals surface area (Å²) in [6.07, 6.45) is -6.55. The van der Waals surface area contributed by atoms with Crippen LogP contribution in [0.3, 0.4) is 0 Å². The van der Waals surface area contributed by atoms with Crippen LogP contribution in [0.25, 0.3) is 0 Å². The van der Waals surface area contributed by atoms with Crippen molar-refractivity contribution in [2.24, 2.45) is 0 Å². The van der Waals surface area contributed by atoms with Crippen LogP contribution in [0.15, 0.2) is 18.2 Å². The van der Waals surface area contributed by atoms with Gasteiger partial charge in [-0.3, -0.25) is 4.90 Å². The third-order valence-corrected chi connectivity index (χ3v) is 3.67. The summed E-state index contributed by atoms with van der Waals surface area (Å²) in [6, 6.07) is 3.85. The number of β-amino-alcohol motifs (C(OH)–C–C–N with tert-alkyl or cyclic N) is 1. The molecule has 1 aromatic carbocycles. The van der Waals surface area contributed by atoms with E-state index in [2.05, 4.69) is 0 Å². The molecule has 0 bridgehead atoms. The van der Waals surface area contributed by atoms with E-state index in [0.717, 1.165) is 6.07 Å². The zero-order valence-corrected chi connectivity index (χ0v) is 11.8. The first-order valence-corrected chi connectivity index (χ1v) is 6.95. The zero-order chi connectivity index (χ0) is 16.3. The Hall–Kier alpha value is -1.41. The summed E-state index contributed by atoms with van der Waals surface area (Å²) < 4.78 is 64.1. The quantitative estimate of drug-likeness (QED) is 0.865. The number of benzene rings is 1. The number of hydrogen-bond acceptors (Lipinski definition) is 3. The molecule has 1 aliphatic rings. The average molecular weight is 324 g/mol. The Labute approximate surface area is 124 Å². The van der Waals surface area contributed by atoms with Gasteiger partial charge in [-0.15, -0.1) is 0 Å². The minimum atomic E-state index is -4.65. The van der Waals surface area contributed by atoms with Gasteiger partial charge in [0.25, 0.3) is 0 Å². The van der Waals surface area contributed by atoms with Crippen molar-refractivity contribution >= 4 is 5.69 Å². The van der Waals surface area contributed by atoms with Crippen LogP contribution in [0.1, 0.15) is 6.42 Å². The smallest absolute Gasteiger partial charge is 0.382 e. The van der Waals surface area contributed by atoms with Gasteiger partial charge in [0.2, 0.25) is 0 Å². The summed E-state index contributed by atoms with van der Waals surface area (Å²) >= 11 is 0. The lowest BCUT2D eigenvalue weighted by molar-refractivity contribution is -0.208. The largest absolute Gasteiger partial charge is 0.415 e. The molecule has 8 heteroatoms. The Bertz CT molecular complexity index is 508. The van der Waals surface area contributed by atoms with E-state index in [-0.39, 0.29) is 18.8 Å². The van der Waals surface area contributed by atoms with Gasteiger partial charge in [0.15, 0.2) is 17.7 Å². The van der Waals surface area contributed by atoms with E-state index >= 15 is 0 Å². The topological polar surface area (TPSA) is 26.7 Å². The minimum absolute atomic E-state index is 0.109. The highest BCUT2D eigenvalue weighted by atomic mass is 19.4. The molecular formula is C14H17F5N2O. The van der Waals surface area contributed by atoms with E-state index in [1.54, 1.807) is 4.90 Å². The second kappa shape index (κ2) is 6.78. The fraction of sp³-hybridized carbons (Fsp3) is 0.571. The first-order valence-electron chi connectivity index (χ1n) is 6.95. The maximum Gasteiger partial charge on any atom is 0.415 e. The van der Waals surface area contributed by atoms with Gasteiger partial charge in [-0.2, -0.15) is 13.2 Å². The molecule has 0 radical (unpaired) electrons. The molecule has 1 aliphatic heterocycles. The summed E-state index contributed by atoms with van der Waals surface area (Å²) in [7, 11) is 0. The van der Waals surface area contributed by atoms with Gasteiger partial charge in [-0.25, -0.2) is 8.78 Å². The highest BCUT2D eigenvalue weighted by Gasteiger charge is 2.39. The maximum atomic E-state index is 13.8. The lowest BCUT2D eigenvalue weighted by Gasteiger charge is -2.26. The summed E-state index contributed by atoms with van der Waals surface area (Å²) in [5.41, 5.74) is 0.109. The van der Waals surface area contributed by atoms with E-state index < -0.39 is 30.5 Å². The second-order valence-corrected chi connectivity index (χ2v) is 5.27. The van der Waals surface area contributed by atoms with Crippen molar-refractivity contribution in [2.75, 3.05) is 37.6 Å². The normalized spacial score (nSPS) is 19.1. The van der Waals surface area contributed by atoms with Crippen molar-refractivity contribution in [3.63, 3.8) is 0 Å². The van der Waals surface area contributed by atoms with E-state index in [4.69, 9.17) is 5.11 Å². The Morgan fingerprint density at radius 2 is 1.82 bits per heavy atom. The number of rotatable bonds is 3. The molecule has 124 valence electrons. The average Bonchev–Trinajstić information content (AvgIpc) is 2.66. The van der Waals surface area contributed by atoms with Gasteiger partial charge >= 0.3 is 6.18 Å². The monoisotopic (exact) mass is 324 g/mol. The molecule has 1 aromatic rings. The van der Waals surface area contributed by atoms with Gasteiger partial charge in [-0.1, -0.05) is 6.07 Å². The van der Waals surface area contributed by atoms with Crippen molar-refractivity contribution in [3.8, 4) is 0 Å². The van der Waals surface area contributed by atoms with E-state index in [9.17, 15) is 22.0 Å². The minimum Gasteiger partial charge on any atom is -0.382 e. The molecule has 3 nitrogen and oxygen atoms in total. The summed E-state index contributed by atoms with van der Waals surface area (Å²) in [4.78, 5) is 3.09. The molecule has 22 heavy (non-hydrogen) atoms. The van der Waals surface area contributed by atoms with Gasteiger partial charge in [0.1, 0.15) is 0 Å². The number of aliphatic hydroxyl groups is 1. The molecule has 0 aliphatic carbocycles. The van der Waals surface area contributed by atoms with Crippen molar-refractivity contribution in [1.82, 2.24) is 4.90 Å². The van der Waals surface area contributed by atoms with Gasteiger partial charge < -0.3 is 10.0 Å². The summed E-state index contributed by atoms with van der Waals surface area (Å²) in [6.45, 7) is 0.774. The van der Waals surface area contributed by atoms with Crippen LogP contribution in [-0.4, -0.2) is 55.0 Å². The van der Waals surface area contributed by atoms with Crippen molar-refractivity contribution < 1.29 is 27.1 Å². The Balaban J connectivity index is 1.99. The summed E-state index contributed by atoms with van der Waals surface area (Å²) in [5.74, 6) is -1.91. The molecule has 1 heterocycles. The van der Waals surface area contributed by atoms with E-state index in [1.807, 2.05) is 0 Å². The highest BCUT2D eigenvalue weighted by Crippen LogP contribution is 2.24. The maximum absolute atomic E-state index is 13.8. The predicted octanol–water partition coefficient (Wildman–Crippen LogP) is 2.40. The number of alkyl halides is 3. The van der Waals surface area contributed by atoms with Crippen LogP contribution >= 0.6 is 0 Å². The first-order chi connectivity index (χ1) is 10.3. The molecule has 1 fully saturated rings. The number of nitrogens with zero attached hydrogens (tertiary/aromatic N) is 2. The zero-order valence-electron chi connectivity index (χ0n) is 11.8. The lowest BCUT2D eigenvalue weighted by atomic mass is 10.2. The molecule has 0 saturated carbocycles. The Kier molecular flexibility index (Phi) is 5.23. The second-order valence-electron chi connectivity index (χ2n) is 5.27. The van der Waals surface area contributed by atoms with Gasteiger partial charge in [-0.05, 0) is 18.6 Å². The molecule has 1 N–H and O–H groups in total. The van der Waals surface area contributed by atoms with Crippen molar-refractivity contribution in [1.29, 1.82) is 0 Å². The van der Waals surface area contributed by atoms with E-state index in [1.165, 1.54) is 17.0 Å². The van der Waals surface area contributed by atoms with Crippen LogP contribution in [0, 0.1) is 11.6 Å². The SMILES string of the molecule is OC(CN1CCCN(c2cccc(F)c2F)CC1)C(F)(F)F. The summed E-state index contributed by atoms with van der Waals surface area (Å²) in [5, 5.41) is 9.10. The fourth-order valence-electron chi connectivity index (χ4n) is 2.48. The Morgan fingerprint density at radius 3 is 2.50 bits per heavy atom. The van der Waals surface area contributed by atoms with Crippen LogP contribution in [0.2, 0.25) is 0 Å².